The maximum atomic E-state index is 12.4. The number of anilines is 2. The predicted molar refractivity (Wildman–Crippen MR) is 184 cm³/mol. The molecule has 0 bridgehead atoms. The van der Waals surface area contributed by atoms with Crippen LogP contribution in [0.4, 0.5) is 20.4 Å². The normalized spacial score (nSPS) is 9.25. The van der Waals surface area contributed by atoms with Crippen LogP contribution in [0.25, 0.3) is 0 Å². The molecule has 0 aliphatic carbocycles. The Hall–Kier alpha value is -1.96. The van der Waals surface area contributed by atoms with Crippen LogP contribution >= 0.6 is 59.1 Å². The molecule has 0 radical (unpaired) electrons. The first-order chi connectivity index (χ1) is 18.8. The topological polar surface area (TPSA) is 120 Å². The molecule has 0 aliphatic heterocycles. The van der Waals surface area contributed by atoms with Gasteiger partial charge in [0.15, 0.2) is 12.2 Å². The minimum Gasteiger partial charge on any atom is -1.00 e. The molecule has 16 heteroatoms. The fourth-order valence-corrected chi connectivity index (χ4v) is 5.18. The van der Waals surface area contributed by atoms with Gasteiger partial charge in [0, 0.05) is 55.4 Å². The highest BCUT2D eigenvalue weighted by molar-refractivity contribution is 7.09. The Labute approximate surface area is 292 Å². The van der Waals surface area contributed by atoms with E-state index >= 15 is 0 Å². The van der Waals surface area contributed by atoms with E-state index in [1.807, 2.05) is 33.2 Å². The molecule has 0 saturated heterocycles. The molecule has 8 nitrogen and oxygen atoms in total. The summed E-state index contributed by atoms with van der Waals surface area (Å²) < 4.78 is 26.2. The molecule has 0 fully saturated rings. The van der Waals surface area contributed by atoms with Crippen molar-refractivity contribution in [2.45, 2.75) is 80.7 Å². The maximum absolute atomic E-state index is 12.4. The van der Waals surface area contributed by atoms with Crippen molar-refractivity contribution in [3.63, 3.8) is 0 Å². The van der Waals surface area contributed by atoms with Gasteiger partial charge in [-0.15, -0.1) is 47.8 Å². The summed E-state index contributed by atoms with van der Waals surface area (Å²) in [6.07, 6.45) is 6.03. The molecule has 4 aromatic heterocycles. The van der Waals surface area contributed by atoms with Crippen molar-refractivity contribution in [1.82, 2.24) is 24.9 Å². The molecule has 4 aromatic rings. The van der Waals surface area contributed by atoms with E-state index in [0.717, 1.165) is 56.8 Å². The summed E-state index contributed by atoms with van der Waals surface area (Å²) in [6, 6.07) is 0. The van der Waals surface area contributed by atoms with Crippen LogP contribution in [0.2, 0.25) is 0 Å². The van der Waals surface area contributed by atoms with Crippen molar-refractivity contribution < 1.29 is 25.8 Å². The smallest absolute Gasteiger partial charge is 0.225 e. The number of aromatic nitrogens is 6. The summed E-state index contributed by atoms with van der Waals surface area (Å²) in [5.41, 5.74) is 19.0. The van der Waals surface area contributed by atoms with Crippen LogP contribution in [0.15, 0.2) is 23.4 Å². The number of rotatable bonds is 9. The minimum absolute atomic E-state index is 0. The van der Waals surface area contributed by atoms with E-state index in [-0.39, 0.29) is 65.4 Å². The van der Waals surface area contributed by atoms with Gasteiger partial charge < -0.3 is 23.9 Å². The molecule has 0 aliphatic rings. The van der Waals surface area contributed by atoms with Crippen molar-refractivity contribution in [2.24, 2.45) is 0 Å². The highest BCUT2D eigenvalue weighted by Gasteiger charge is 2.17. The molecule has 4 rings (SSSR count). The maximum Gasteiger partial charge on any atom is 0.225 e. The van der Waals surface area contributed by atoms with E-state index in [1.165, 1.54) is 11.3 Å². The lowest BCUT2D eigenvalue weighted by molar-refractivity contribution is -0.689. The van der Waals surface area contributed by atoms with E-state index < -0.39 is 0 Å². The van der Waals surface area contributed by atoms with Gasteiger partial charge in [0.25, 0.3) is 0 Å². The number of aryl methyl sites for hydroxylation is 5. The summed E-state index contributed by atoms with van der Waals surface area (Å²) in [7, 11) is 0. The number of halogens is 6. The first-order valence-corrected chi connectivity index (χ1v) is 14.8. The summed E-state index contributed by atoms with van der Waals surface area (Å²) in [5, 5.41) is 0. The molecule has 44 heavy (non-hydrogen) atoms. The van der Waals surface area contributed by atoms with Crippen molar-refractivity contribution in [1.29, 1.82) is 0 Å². The zero-order valence-electron chi connectivity index (χ0n) is 23.9. The number of hydrogen-bond donors (Lipinski definition) is 2. The second-order valence-corrected chi connectivity index (χ2v) is 10.5. The van der Waals surface area contributed by atoms with E-state index in [4.69, 9.17) is 23.1 Å². The van der Waals surface area contributed by atoms with E-state index in [0.29, 0.717) is 36.9 Å². The van der Waals surface area contributed by atoms with Gasteiger partial charge in [-0.25, -0.2) is 24.9 Å². The van der Waals surface area contributed by atoms with Crippen LogP contribution in [0.5, 0.6) is 0 Å². The molecule has 0 amide bonds. The molecule has 4 N–H and O–H groups in total. The minimum atomic E-state index is -0.322. The zero-order chi connectivity index (χ0) is 28.8. The Kier molecular flexibility index (Phi) is 29.2. The third kappa shape index (κ3) is 15.4. The third-order valence-electron chi connectivity index (χ3n) is 5.66. The van der Waals surface area contributed by atoms with Crippen LogP contribution in [0.1, 0.15) is 72.6 Å². The lowest BCUT2D eigenvalue weighted by atomic mass is 10.2. The monoisotopic (exact) mass is 736 g/mol. The number of nitrogens with zero attached hydrogens (tertiary/aromatic N) is 6. The fourth-order valence-electron chi connectivity index (χ4n) is 3.25. The molecular formula is C28H46Cl4F2N8S2. The number of alkyl halides is 3. The highest BCUT2D eigenvalue weighted by atomic mass is 35.5. The molecule has 0 atom stereocenters. The molecule has 0 aromatic carbocycles. The summed E-state index contributed by atoms with van der Waals surface area (Å²) >= 11 is 8.67. The van der Waals surface area contributed by atoms with Gasteiger partial charge in [-0.1, -0.05) is 40.0 Å². The number of hydrogen-bond acceptors (Lipinski definition) is 9. The Morgan fingerprint density at radius 2 is 1.32 bits per heavy atom. The quantitative estimate of drug-likeness (QED) is 0.195. The standard InChI is InChI=1S/C13H18FN4S.C7H10ClN3.C6H8FNS.2CH4.3ClH/c1-3-12-16-6-10(13(15)17-12)7-18-8-19-11(4-5-14)9(18)2;1-2-6-10-4-5(3-8)7(9)11-6;1-5-6(2-3-7)9-4-8-5;;;;;/h6,8H,3-5,7H2,1-2H3,(H2,15,16,17);4H,2-3H2,1H3,(H2,9,10,11);4H,2-3H2,1H3;2*1H4;3*1H/q+1;;;;;;;/p-1. The van der Waals surface area contributed by atoms with E-state index in [9.17, 15) is 8.78 Å². The Morgan fingerprint density at radius 3 is 1.73 bits per heavy atom. The zero-order valence-corrected chi connectivity index (χ0v) is 28.7. The van der Waals surface area contributed by atoms with E-state index in [1.54, 1.807) is 29.2 Å². The number of nitrogen functional groups attached to an aromatic ring is 2. The first kappa shape index (κ1) is 48.9. The van der Waals surface area contributed by atoms with Gasteiger partial charge in [0.2, 0.25) is 5.51 Å². The molecule has 252 valence electrons. The predicted octanol–water partition coefficient (Wildman–Crippen LogP) is 4.28. The summed E-state index contributed by atoms with van der Waals surface area (Å²) in [5.74, 6) is 2.90. The Bertz CT molecular complexity index is 1310. The first-order valence-electron chi connectivity index (χ1n) is 12.5. The summed E-state index contributed by atoms with van der Waals surface area (Å²) in [6.45, 7) is 7.91. The number of nitrogens with two attached hydrogens (primary N) is 2. The second-order valence-electron chi connectivity index (χ2n) is 8.33. The lowest BCUT2D eigenvalue weighted by Gasteiger charge is -2.03. The Morgan fingerprint density at radius 1 is 0.818 bits per heavy atom. The molecular weight excluding hydrogens is 692 g/mol. The lowest BCUT2D eigenvalue weighted by Crippen LogP contribution is -3.00. The highest BCUT2D eigenvalue weighted by Crippen LogP contribution is 2.15. The van der Waals surface area contributed by atoms with Gasteiger partial charge >= 0.3 is 0 Å². The average molecular weight is 739 g/mol. The van der Waals surface area contributed by atoms with Crippen molar-refractivity contribution in [3.8, 4) is 0 Å². The van der Waals surface area contributed by atoms with Crippen LogP contribution in [-0.4, -0.2) is 38.3 Å². The van der Waals surface area contributed by atoms with Gasteiger partial charge in [-0.3, -0.25) is 8.78 Å². The summed E-state index contributed by atoms with van der Waals surface area (Å²) in [4.78, 5) is 22.8. The average Bonchev–Trinajstić information content (AvgIpc) is 3.50. The van der Waals surface area contributed by atoms with Crippen molar-refractivity contribution in [2.75, 3.05) is 24.8 Å². The molecule has 0 unspecified atom stereocenters. The fraction of sp³-hybridized carbons (Fsp3) is 0.500. The van der Waals surface area contributed by atoms with Crippen molar-refractivity contribution in [3.05, 3.63) is 67.3 Å². The van der Waals surface area contributed by atoms with E-state index in [2.05, 4.69) is 29.5 Å². The SMILES string of the molecule is C.C.CCc1ncc(CCl)c(N)n1.CCc1ncc(C[n+]2csc(CCF)c2C)c(N)n1.Cc1ncsc1CCF.Cl.Cl.[Cl-]. The number of thiazole rings is 2. The van der Waals surface area contributed by atoms with Crippen LogP contribution in [0.3, 0.4) is 0 Å². The molecule has 0 spiro atoms. The molecule has 0 saturated carbocycles. The largest absolute Gasteiger partial charge is 1.00 e. The van der Waals surface area contributed by atoms with Gasteiger partial charge in [0.05, 0.1) is 40.9 Å². The van der Waals surface area contributed by atoms with Gasteiger partial charge in [-0.2, -0.15) is 4.57 Å². The van der Waals surface area contributed by atoms with Crippen LogP contribution in [0, 0.1) is 13.8 Å². The van der Waals surface area contributed by atoms with Crippen LogP contribution < -0.4 is 28.4 Å². The van der Waals surface area contributed by atoms with Gasteiger partial charge in [0.1, 0.15) is 23.3 Å². The Balaban J connectivity index is -0.000000278. The van der Waals surface area contributed by atoms with Crippen molar-refractivity contribution >= 4 is 70.7 Å². The molecule has 4 heterocycles. The van der Waals surface area contributed by atoms with Crippen LogP contribution in [-0.2, 0) is 38.1 Å². The van der Waals surface area contributed by atoms with Gasteiger partial charge in [-0.05, 0) is 6.92 Å². The third-order valence-corrected chi connectivity index (χ3v) is 8.08. The second kappa shape index (κ2) is 26.3.